The number of pyridine rings is 1. The summed E-state index contributed by atoms with van der Waals surface area (Å²) in [5, 5.41) is 2.04. The van der Waals surface area contributed by atoms with Gasteiger partial charge >= 0.3 is 0 Å². The van der Waals surface area contributed by atoms with Crippen molar-refractivity contribution in [3.05, 3.63) is 22.7 Å². The number of thiophene rings is 1. The zero-order chi connectivity index (χ0) is 11.0. The standard InChI is InChI=1S/C11H15N3S/c1-6(2)9-7(3)13-8-4-5-15-11(8)10(9)14-12/h4-6H,12H2,1-3H3,(H,13,14). The topological polar surface area (TPSA) is 50.9 Å². The molecule has 0 radical (unpaired) electrons. The molecule has 0 atom stereocenters. The van der Waals surface area contributed by atoms with Crippen molar-refractivity contribution >= 4 is 27.2 Å². The van der Waals surface area contributed by atoms with E-state index in [1.54, 1.807) is 11.3 Å². The van der Waals surface area contributed by atoms with E-state index in [2.05, 4.69) is 24.3 Å². The number of aromatic nitrogens is 1. The number of nitrogens with one attached hydrogen (secondary N) is 1. The molecule has 2 aromatic rings. The lowest BCUT2D eigenvalue weighted by molar-refractivity contribution is 0.849. The van der Waals surface area contributed by atoms with Gasteiger partial charge in [0.05, 0.1) is 15.9 Å². The van der Waals surface area contributed by atoms with Gasteiger partial charge in [0.2, 0.25) is 0 Å². The summed E-state index contributed by atoms with van der Waals surface area (Å²) >= 11 is 1.67. The molecule has 3 nitrogen and oxygen atoms in total. The van der Waals surface area contributed by atoms with Crippen LogP contribution in [0.4, 0.5) is 5.69 Å². The molecule has 0 aliphatic heterocycles. The number of rotatable bonds is 2. The molecule has 80 valence electrons. The van der Waals surface area contributed by atoms with Crippen LogP contribution in [-0.2, 0) is 0 Å². The molecule has 0 saturated heterocycles. The highest BCUT2D eigenvalue weighted by atomic mass is 32.1. The Labute approximate surface area is 93.3 Å². The van der Waals surface area contributed by atoms with Gasteiger partial charge < -0.3 is 5.43 Å². The Morgan fingerprint density at radius 2 is 2.20 bits per heavy atom. The second kappa shape index (κ2) is 3.79. The zero-order valence-electron chi connectivity index (χ0n) is 9.16. The Balaban J connectivity index is 2.82. The maximum atomic E-state index is 5.61. The molecular weight excluding hydrogens is 206 g/mol. The third kappa shape index (κ3) is 1.60. The molecule has 15 heavy (non-hydrogen) atoms. The number of nitrogens with two attached hydrogens (primary N) is 1. The number of fused-ring (bicyclic) bond motifs is 1. The Kier molecular flexibility index (Phi) is 2.63. The minimum absolute atomic E-state index is 0.426. The predicted molar refractivity (Wildman–Crippen MR) is 66.3 cm³/mol. The van der Waals surface area contributed by atoms with Gasteiger partial charge in [0, 0.05) is 11.3 Å². The van der Waals surface area contributed by atoms with Crippen molar-refractivity contribution < 1.29 is 0 Å². The first-order valence-corrected chi connectivity index (χ1v) is 5.87. The average Bonchev–Trinajstić information content (AvgIpc) is 2.62. The van der Waals surface area contributed by atoms with Crippen LogP contribution in [0.1, 0.15) is 31.0 Å². The first kappa shape index (κ1) is 10.4. The van der Waals surface area contributed by atoms with Crippen LogP contribution >= 0.6 is 11.3 Å². The average molecular weight is 221 g/mol. The van der Waals surface area contributed by atoms with Crippen molar-refractivity contribution in [2.75, 3.05) is 5.43 Å². The largest absolute Gasteiger partial charge is 0.322 e. The highest BCUT2D eigenvalue weighted by molar-refractivity contribution is 7.17. The Bertz CT molecular complexity index is 488. The number of anilines is 1. The Morgan fingerprint density at radius 1 is 1.47 bits per heavy atom. The molecule has 0 aliphatic carbocycles. The summed E-state index contributed by atoms with van der Waals surface area (Å²) in [6.45, 7) is 6.35. The van der Waals surface area contributed by atoms with E-state index in [0.29, 0.717) is 5.92 Å². The van der Waals surface area contributed by atoms with Gasteiger partial charge in [-0.2, -0.15) is 0 Å². The quantitative estimate of drug-likeness (QED) is 0.605. The first-order chi connectivity index (χ1) is 7.15. The monoisotopic (exact) mass is 221 g/mol. The van der Waals surface area contributed by atoms with E-state index in [1.807, 2.05) is 18.4 Å². The maximum absolute atomic E-state index is 5.61. The highest BCUT2D eigenvalue weighted by Gasteiger charge is 2.15. The first-order valence-electron chi connectivity index (χ1n) is 4.99. The van der Waals surface area contributed by atoms with Gasteiger partial charge in [-0.3, -0.25) is 10.8 Å². The summed E-state index contributed by atoms with van der Waals surface area (Å²) in [5.41, 5.74) is 7.14. The molecule has 0 spiro atoms. The van der Waals surface area contributed by atoms with Gasteiger partial charge in [-0.15, -0.1) is 11.3 Å². The van der Waals surface area contributed by atoms with E-state index in [4.69, 9.17) is 5.84 Å². The number of nitrogens with zero attached hydrogens (tertiary/aromatic N) is 1. The molecule has 0 aromatic carbocycles. The lowest BCUT2D eigenvalue weighted by Gasteiger charge is -2.15. The summed E-state index contributed by atoms with van der Waals surface area (Å²) in [6.07, 6.45) is 0. The number of hydrogen-bond acceptors (Lipinski definition) is 4. The van der Waals surface area contributed by atoms with Gasteiger partial charge in [0.25, 0.3) is 0 Å². The molecular formula is C11H15N3S. The highest BCUT2D eigenvalue weighted by Crippen LogP contribution is 2.35. The van der Waals surface area contributed by atoms with Crippen molar-refractivity contribution in [2.45, 2.75) is 26.7 Å². The van der Waals surface area contributed by atoms with Crippen LogP contribution in [0.25, 0.3) is 10.2 Å². The number of nitrogen functional groups attached to an aromatic ring is 1. The van der Waals surface area contributed by atoms with E-state index in [0.717, 1.165) is 21.6 Å². The molecule has 0 amide bonds. The van der Waals surface area contributed by atoms with E-state index in [-0.39, 0.29) is 0 Å². The molecule has 2 heterocycles. The lowest BCUT2D eigenvalue weighted by atomic mass is 9.99. The molecule has 4 heteroatoms. The van der Waals surface area contributed by atoms with Crippen molar-refractivity contribution in [3.8, 4) is 0 Å². The molecule has 0 saturated carbocycles. The number of hydrazine groups is 1. The van der Waals surface area contributed by atoms with Gasteiger partial charge in [-0.05, 0) is 24.3 Å². The fraction of sp³-hybridized carbons (Fsp3) is 0.364. The van der Waals surface area contributed by atoms with Gasteiger partial charge in [0.1, 0.15) is 0 Å². The van der Waals surface area contributed by atoms with Gasteiger partial charge in [-0.25, -0.2) is 0 Å². The summed E-state index contributed by atoms with van der Waals surface area (Å²) in [4.78, 5) is 4.58. The minimum Gasteiger partial charge on any atom is -0.322 e. The van der Waals surface area contributed by atoms with E-state index >= 15 is 0 Å². The SMILES string of the molecule is Cc1nc2ccsc2c(NN)c1C(C)C. The molecule has 0 aliphatic rings. The van der Waals surface area contributed by atoms with Crippen LogP contribution in [0.5, 0.6) is 0 Å². The lowest BCUT2D eigenvalue weighted by Crippen LogP contribution is -2.12. The summed E-state index contributed by atoms with van der Waals surface area (Å²) in [5.74, 6) is 6.04. The molecule has 2 aromatic heterocycles. The van der Waals surface area contributed by atoms with Crippen molar-refractivity contribution in [2.24, 2.45) is 5.84 Å². The third-order valence-electron chi connectivity index (χ3n) is 2.54. The van der Waals surface area contributed by atoms with Crippen molar-refractivity contribution in [3.63, 3.8) is 0 Å². The molecule has 0 unspecified atom stereocenters. The van der Waals surface area contributed by atoms with Gasteiger partial charge in [-0.1, -0.05) is 13.8 Å². The van der Waals surface area contributed by atoms with E-state index < -0.39 is 0 Å². The molecule has 3 N–H and O–H groups in total. The predicted octanol–water partition coefficient (Wildman–Crippen LogP) is 3.01. The van der Waals surface area contributed by atoms with Crippen LogP contribution in [0.3, 0.4) is 0 Å². The summed E-state index contributed by atoms with van der Waals surface area (Å²) in [6, 6.07) is 2.03. The smallest absolute Gasteiger partial charge is 0.0834 e. The zero-order valence-corrected chi connectivity index (χ0v) is 9.98. The van der Waals surface area contributed by atoms with Crippen LogP contribution in [0.15, 0.2) is 11.4 Å². The number of aryl methyl sites for hydroxylation is 1. The Morgan fingerprint density at radius 3 is 2.80 bits per heavy atom. The number of hydrogen-bond donors (Lipinski definition) is 2. The van der Waals surface area contributed by atoms with Crippen molar-refractivity contribution in [1.82, 2.24) is 4.98 Å². The fourth-order valence-electron chi connectivity index (χ4n) is 1.97. The van der Waals surface area contributed by atoms with Crippen LogP contribution in [-0.4, -0.2) is 4.98 Å². The fourth-order valence-corrected chi connectivity index (χ4v) is 2.83. The Hall–Kier alpha value is -1.13. The molecule has 0 bridgehead atoms. The summed E-state index contributed by atoms with van der Waals surface area (Å²) < 4.78 is 1.15. The minimum atomic E-state index is 0.426. The third-order valence-corrected chi connectivity index (χ3v) is 3.46. The molecule has 2 rings (SSSR count). The van der Waals surface area contributed by atoms with Gasteiger partial charge in [0.15, 0.2) is 0 Å². The van der Waals surface area contributed by atoms with E-state index in [1.165, 1.54) is 5.56 Å². The normalized spacial score (nSPS) is 11.3. The van der Waals surface area contributed by atoms with Crippen LogP contribution < -0.4 is 11.3 Å². The molecule has 0 fully saturated rings. The second-order valence-electron chi connectivity index (χ2n) is 3.92. The van der Waals surface area contributed by atoms with E-state index in [9.17, 15) is 0 Å². The maximum Gasteiger partial charge on any atom is 0.0834 e. The summed E-state index contributed by atoms with van der Waals surface area (Å²) in [7, 11) is 0. The van der Waals surface area contributed by atoms with Crippen LogP contribution in [0.2, 0.25) is 0 Å². The van der Waals surface area contributed by atoms with Crippen molar-refractivity contribution in [1.29, 1.82) is 0 Å². The van der Waals surface area contributed by atoms with Crippen LogP contribution in [0, 0.1) is 6.92 Å². The second-order valence-corrected chi connectivity index (χ2v) is 4.84.